The molecular formula is C16H25N4O3+. The van der Waals surface area contributed by atoms with Crippen LogP contribution in [0.1, 0.15) is 37.0 Å². The third-order valence-corrected chi connectivity index (χ3v) is 4.38. The fourth-order valence-corrected chi connectivity index (χ4v) is 2.89. The minimum absolute atomic E-state index is 0.0123. The number of hydrogen-bond acceptors (Lipinski definition) is 4. The number of amides is 2. The number of nitrogens with zero attached hydrogens (tertiary/aromatic N) is 2. The highest BCUT2D eigenvalue weighted by molar-refractivity contribution is 5.94. The van der Waals surface area contributed by atoms with E-state index in [9.17, 15) is 14.8 Å². The molecule has 0 spiro atoms. The predicted molar refractivity (Wildman–Crippen MR) is 83.7 cm³/mol. The van der Waals surface area contributed by atoms with Crippen LogP contribution in [0.5, 0.6) is 0 Å². The lowest BCUT2D eigenvalue weighted by Gasteiger charge is -2.35. The minimum Gasteiger partial charge on any atom is -0.349 e. The molecule has 0 bridgehead atoms. The van der Waals surface area contributed by atoms with E-state index in [1.54, 1.807) is 24.0 Å². The summed E-state index contributed by atoms with van der Waals surface area (Å²) >= 11 is 0. The predicted octanol–water partition coefficient (Wildman–Crippen LogP) is -0.0845. The molecule has 0 saturated carbocycles. The fraction of sp³-hybridized carbons (Fsp3) is 0.562. The molecule has 7 heteroatoms. The lowest BCUT2D eigenvalue weighted by molar-refractivity contribution is -0.904. The molecule has 0 aromatic carbocycles. The second-order valence-electron chi connectivity index (χ2n) is 6.18. The lowest BCUT2D eigenvalue weighted by Crippen LogP contribution is -2.49. The lowest BCUT2D eigenvalue weighted by atomic mass is 9.90. The average Bonchev–Trinajstić information content (AvgIpc) is 2.54. The molecule has 1 fully saturated rings. The van der Waals surface area contributed by atoms with Gasteiger partial charge in [-0.1, -0.05) is 0 Å². The van der Waals surface area contributed by atoms with Crippen molar-refractivity contribution in [1.29, 1.82) is 0 Å². The van der Waals surface area contributed by atoms with Crippen LogP contribution in [-0.2, 0) is 4.79 Å². The van der Waals surface area contributed by atoms with Crippen molar-refractivity contribution in [3.63, 3.8) is 0 Å². The van der Waals surface area contributed by atoms with Crippen molar-refractivity contribution in [3.05, 3.63) is 30.1 Å². The quantitative estimate of drug-likeness (QED) is 0.533. The van der Waals surface area contributed by atoms with Gasteiger partial charge in [0.25, 0.3) is 5.91 Å². The summed E-state index contributed by atoms with van der Waals surface area (Å²) < 4.78 is 0.894. The van der Waals surface area contributed by atoms with Crippen LogP contribution in [0.4, 0.5) is 0 Å². The minimum atomic E-state index is -0.462. The van der Waals surface area contributed by atoms with E-state index in [0.717, 1.165) is 17.6 Å². The molecule has 2 atom stereocenters. The number of nitrogens with two attached hydrogens (primary N) is 1. The van der Waals surface area contributed by atoms with Gasteiger partial charge in [0.1, 0.15) is 0 Å². The molecule has 7 nitrogen and oxygen atoms in total. The first-order valence-corrected chi connectivity index (χ1v) is 7.94. The van der Waals surface area contributed by atoms with Crippen molar-refractivity contribution in [2.75, 3.05) is 13.1 Å². The topological polar surface area (TPSA) is 99.5 Å². The number of piperidine rings is 1. The maximum atomic E-state index is 12.2. The van der Waals surface area contributed by atoms with Gasteiger partial charge in [-0.15, -0.1) is 0 Å². The summed E-state index contributed by atoms with van der Waals surface area (Å²) in [6.45, 7) is 5.05. The number of pyridine rings is 1. The van der Waals surface area contributed by atoms with Crippen molar-refractivity contribution >= 4 is 11.8 Å². The van der Waals surface area contributed by atoms with Crippen LogP contribution in [0, 0.1) is 5.92 Å². The van der Waals surface area contributed by atoms with E-state index in [1.165, 1.54) is 12.4 Å². The molecule has 1 saturated heterocycles. The summed E-state index contributed by atoms with van der Waals surface area (Å²) in [5, 5.41) is 12.2. The summed E-state index contributed by atoms with van der Waals surface area (Å²) in [5.41, 5.74) is 6.14. The van der Waals surface area contributed by atoms with Gasteiger partial charge in [0.15, 0.2) is 0 Å². The average molecular weight is 321 g/mol. The molecule has 2 amide bonds. The molecule has 23 heavy (non-hydrogen) atoms. The van der Waals surface area contributed by atoms with E-state index in [0.29, 0.717) is 24.6 Å². The van der Waals surface area contributed by atoms with Gasteiger partial charge >= 0.3 is 0 Å². The summed E-state index contributed by atoms with van der Waals surface area (Å²) in [7, 11) is 0. The van der Waals surface area contributed by atoms with Crippen molar-refractivity contribution in [2.24, 2.45) is 11.7 Å². The van der Waals surface area contributed by atoms with Crippen LogP contribution in [0.25, 0.3) is 0 Å². The van der Waals surface area contributed by atoms with Crippen molar-refractivity contribution in [1.82, 2.24) is 10.2 Å². The number of rotatable bonds is 4. The zero-order valence-electron chi connectivity index (χ0n) is 13.6. The highest BCUT2D eigenvalue weighted by Crippen LogP contribution is 2.21. The Morgan fingerprint density at radius 3 is 2.39 bits per heavy atom. The van der Waals surface area contributed by atoms with Crippen LogP contribution < -0.4 is 15.8 Å². The van der Waals surface area contributed by atoms with E-state index in [4.69, 9.17) is 5.73 Å². The summed E-state index contributed by atoms with van der Waals surface area (Å²) in [5.74, 6) is 0.163. The van der Waals surface area contributed by atoms with Gasteiger partial charge < -0.3 is 16.0 Å². The Balaban J connectivity index is 1.85. The molecule has 126 valence electrons. The molecule has 0 radical (unpaired) electrons. The maximum Gasteiger partial charge on any atom is 0.251 e. The second-order valence-corrected chi connectivity index (χ2v) is 6.18. The molecule has 1 aromatic rings. The van der Waals surface area contributed by atoms with Gasteiger partial charge in [0, 0.05) is 36.0 Å². The third kappa shape index (κ3) is 4.41. The first kappa shape index (κ1) is 17.2. The van der Waals surface area contributed by atoms with Crippen LogP contribution in [0.3, 0.4) is 0 Å². The van der Waals surface area contributed by atoms with E-state index in [-0.39, 0.29) is 17.9 Å². The van der Waals surface area contributed by atoms with Crippen LogP contribution >= 0.6 is 0 Å². The van der Waals surface area contributed by atoms with E-state index < -0.39 is 6.04 Å². The molecule has 2 heterocycles. The second kappa shape index (κ2) is 7.41. The normalized spacial score (nSPS) is 18.3. The Bertz CT molecular complexity index is 551. The standard InChI is InChI=1S/C16H24N4O3/c1-11(17)16(22)19-7-3-13(4-8-19)12(2)18-15(21)14-5-9-20(23)10-6-14/h5-6,9-13H,3-4,7-8,17H2,1-2H3,(H-,18,21,23)/p+1/t11-,12?/m0/s1. The third-order valence-electron chi connectivity index (χ3n) is 4.38. The van der Waals surface area contributed by atoms with E-state index in [2.05, 4.69) is 5.32 Å². The largest absolute Gasteiger partial charge is 0.349 e. The molecule has 1 unspecified atom stereocenters. The Labute approximate surface area is 136 Å². The number of carbonyl (C=O) groups is 2. The highest BCUT2D eigenvalue weighted by Gasteiger charge is 2.28. The monoisotopic (exact) mass is 321 g/mol. The van der Waals surface area contributed by atoms with Crippen molar-refractivity contribution in [3.8, 4) is 0 Å². The fourth-order valence-electron chi connectivity index (χ4n) is 2.89. The summed E-state index contributed by atoms with van der Waals surface area (Å²) in [4.78, 5) is 25.9. The SMILES string of the molecule is CC(NC(=O)c1cc[n+](O)cc1)C1CCN(C(=O)[C@H](C)N)CC1. The number of likely N-dealkylation sites (tertiary alicyclic amines) is 1. The smallest absolute Gasteiger partial charge is 0.251 e. The molecular weight excluding hydrogens is 296 g/mol. The van der Waals surface area contributed by atoms with Gasteiger partial charge in [0.05, 0.1) is 11.6 Å². The highest BCUT2D eigenvalue weighted by atomic mass is 16.5. The van der Waals surface area contributed by atoms with Gasteiger partial charge in [0.2, 0.25) is 18.3 Å². The first-order chi connectivity index (χ1) is 10.9. The summed E-state index contributed by atoms with van der Waals surface area (Å²) in [6.07, 6.45) is 4.53. The van der Waals surface area contributed by atoms with Gasteiger partial charge in [-0.05, 0) is 32.6 Å². The number of aromatic nitrogens is 1. The van der Waals surface area contributed by atoms with Crippen LogP contribution in [0.2, 0.25) is 0 Å². The van der Waals surface area contributed by atoms with E-state index >= 15 is 0 Å². The molecule has 0 aliphatic carbocycles. The first-order valence-electron chi connectivity index (χ1n) is 7.94. The Morgan fingerprint density at radius 2 is 1.87 bits per heavy atom. The number of hydrogen-bond donors (Lipinski definition) is 3. The molecule has 1 aliphatic heterocycles. The molecule has 2 rings (SSSR count). The summed E-state index contributed by atoms with van der Waals surface area (Å²) in [6, 6.07) is 2.69. The Kier molecular flexibility index (Phi) is 5.54. The van der Waals surface area contributed by atoms with Crippen molar-refractivity contribution < 1.29 is 19.5 Å². The number of carbonyl (C=O) groups excluding carboxylic acids is 2. The van der Waals surface area contributed by atoms with Gasteiger partial charge in [-0.2, -0.15) is 0 Å². The van der Waals surface area contributed by atoms with Crippen LogP contribution in [-0.4, -0.2) is 47.1 Å². The zero-order chi connectivity index (χ0) is 17.0. The van der Waals surface area contributed by atoms with Gasteiger partial charge in [-0.3, -0.25) is 14.8 Å². The maximum absolute atomic E-state index is 12.2. The van der Waals surface area contributed by atoms with Crippen molar-refractivity contribution in [2.45, 2.75) is 38.8 Å². The van der Waals surface area contributed by atoms with E-state index in [1.807, 2.05) is 6.92 Å². The molecule has 1 aliphatic rings. The van der Waals surface area contributed by atoms with Gasteiger partial charge in [-0.25, -0.2) is 0 Å². The van der Waals surface area contributed by atoms with Crippen LogP contribution in [0.15, 0.2) is 24.5 Å². The zero-order valence-corrected chi connectivity index (χ0v) is 13.6. The Morgan fingerprint density at radius 1 is 1.30 bits per heavy atom. The molecule has 1 aromatic heterocycles. The Hall–Kier alpha value is -2.15. The number of nitrogens with one attached hydrogen (secondary N) is 1. The molecule has 4 N–H and O–H groups in total.